The number of esters is 1. The van der Waals surface area contributed by atoms with E-state index in [2.05, 4.69) is 23.8 Å². The van der Waals surface area contributed by atoms with Crippen molar-refractivity contribution in [2.45, 2.75) is 77.2 Å². The van der Waals surface area contributed by atoms with Gasteiger partial charge in [-0.05, 0) is 50.9 Å². The van der Waals surface area contributed by atoms with Crippen LogP contribution < -0.4 is 0 Å². The largest absolute Gasteiger partial charge is 0.467 e. The zero-order valence-electron chi connectivity index (χ0n) is 19.5. The van der Waals surface area contributed by atoms with Crippen LogP contribution in [0.4, 0.5) is 0 Å². The van der Waals surface area contributed by atoms with Crippen molar-refractivity contribution in [3.05, 3.63) is 24.3 Å². The summed E-state index contributed by atoms with van der Waals surface area (Å²) < 4.78 is 28.3. The monoisotopic (exact) mass is 456 g/mol. The summed E-state index contributed by atoms with van der Waals surface area (Å²) in [7, 11) is -1.92. The van der Waals surface area contributed by atoms with E-state index in [1.165, 1.54) is 39.6 Å². The van der Waals surface area contributed by atoms with Crippen molar-refractivity contribution in [2.24, 2.45) is 17.8 Å². The Morgan fingerprint density at radius 3 is 2.52 bits per heavy atom. The molecule has 7 heteroatoms. The van der Waals surface area contributed by atoms with Gasteiger partial charge in [-0.2, -0.15) is 0 Å². The molecule has 0 heterocycles. The van der Waals surface area contributed by atoms with Gasteiger partial charge in [-0.25, -0.2) is 13.2 Å². The molecule has 0 aliphatic heterocycles. The first kappa shape index (κ1) is 27.6. The maximum Gasteiger partial charge on any atom is 0.337 e. The molecule has 0 aromatic carbocycles. The van der Waals surface area contributed by atoms with Crippen molar-refractivity contribution in [1.82, 2.24) is 0 Å². The summed E-state index contributed by atoms with van der Waals surface area (Å²) in [6, 6.07) is 0. The number of ether oxygens (including phenoxy) is 1. The molecule has 0 radical (unpaired) electrons. The zero-order chi connectivity index (χ0) is 23.5. The Bertz CT molecular complexity index is 735. The average Bonchev–Trinajstić information content (AvgIpc) is 2.96. The third kappa shape index (κ3) is 10.1. The van der Waals surface area contributed by atoms with Gasteiger partial charge in [-0.3, -0.25) is 4.79 Å². The lowest BCUT2D eigenvalue weighted by Gasteiger charge is -2.20. The molecule has 0 spiro atoms. The summed E-state index contributed by atoms with van der Waals surface area (Å²) in [5.74, 6) is -0.994. The number of hydrogen-bond acceptors (Lipinski definition) is 6. The highest BCUT2D eigenvalue weighted by molar-refractivity contribution is 7.90. The molecule has 4 atom stereocenters. The summed E-state index contributed by atoms with van der Waals surface area (Å²) >= 11 is 0. The molecular formula is C24H40O6S. The molecule has 0 saturated heterocycles. The van der Waals surface area contributed by atoms with Crippen LogP contribution in [-0.2, 0) is 24.2 Å². The van der Waals surface area contributed by atoms with E-state index >= 15 is 0 Å². The fraction of sp³-hybridized carbons (Fsp3) is 0.750. The van der Waals surface area contributed by atoms with E-state index in [-0.39, 0.29) is 35.7 Å². The van der Waals surface area contributed by atoms with E-state index < -0.39 is 21.4 Å². The first-order chi connectivity index (χ1) is 14.5. The molecule has 6 nitrogen and oxygen atoms in total. The van der Waals surface area contributed by atoms with Gasteiger partial charge in [0, 0.05) is 18.6 Å². The first-order valence-corrected chi connectivity index (χ1v) is 13.4. The summed E-state index contributed by atoms with van der Waals surface area (Å²) in [6.45, 7) is 3.59. The number of unbranched alkanes of at least 4 members (excludes halogenated alkanes) is 4. The standard InChI is InChI=1S/C24H40O6S/c1-5-6-7-8-9-11-14-20-19(18-31(4,28)29)17-22(25)21(20)15-12-10-13-16-24(2,27)23(26)30-3/h10-12,14,19-21,27H,5-9,13,15-18H2,1-4H3/b12-10-,14-11+/t19-,20-,21+,24?/m0/s1. The number of hydrogen-bond donors (Lipinski definition) is 1. The molecule has 0 aromatic rings. The van der Waals surface area contributed by atoms with Gasteiger partial charge < -0.3 is 9.84 Å². The van der Waals surface area contributed by atoms with Crippen molar-refractivity contribution in [1.29, 1.82) is 0 Å². The van der Waals surface area contributed by atoms with Crippen LogP contribution in [0.2, 0.25) is 0 Å². The van der Waals surface area contributed by atoms with Crippen molar-refractivity contribution < 1.29 is 27.9 Å². The van der Waals surface area contributed by atoms with E-state index in [4.69, 9.17) is 0 Å². The summed E-state index contributed by atoms with van der Waals surface area (Å²) in [4.78, 5) is 24.2. The molecule has 1 fully saturated rings. The van der Waals surface area contributed by atoms with Crippen molar-refractivity contribution in [3.63, 3.8) is 0 Å². The highest BCUT2D eigenvalue weighted by atomic mass is 32.2. The Kier molecular flexibility index (Phi) is 11.7. The Hall–Kier alpha value is -1.47. The quantitative estimate of drug-likeness (QED) is 0.241. The number of rotatable bonds is 14. The SMILES string of the molecule is CCCCCC/C=C/[C@H]1[C@H](CS(C)(=O)=O)CC(=O)[C@@H]1C/C=C\CCC(C)(O)C(=O)OC. The molecule has 1 saturated carbocycles. The number of sulfone groups is 1. The number of ketones is 1. The lowest BCUT2D eigenvalue weighted by molar-refractivity contribution is -0.160. The van der Waals surface area contributed by atoms with Crippen LogP contribution in [0.1, 0.15) is 71.6 Å². The van der Waals surface area contributed by atoms with Gasteiger partial charge in [0.25, 0.3) is 0 Å². The van der Waals surface area contributed by atoms with Crippen LogP contribution in [0.5, 0.6) is 0 Å². The van der Waals surface area contributed by atoms with Crippen molar-refractivity contribution in [3.8, 4) is 0 Å². The van der Waals surface area contributed by atoms with Crippen LogP contribution in [0.3, 0.4) is 0 Å². The van der Waals surface area contributed by atoms with Gasteiger partial charge >= 0.3 is 5.97 Å². The molecule has 0 aromatic heterocycles. The number of methoxy groups -OCH3 is 1. The van der Waals surface area contributed by atoms with Crippen LogP contribution >= 0.6 is 0 Å². The Labute approximate surface area is 188 Å². The number of carbonyl (C=O) groups is 2. The first-order valence-electron chi connectivity index (χ1n) is 11.3. The van der Waals surface area contributed by atoms with E-state index in [0.717, 1.165) is 12.8 Å². The van der Waals surface area contributed by atoms with E-state index in [9.17, 15) is 23.1 Å². The lowest BCUT2D eigenvalue weighted by Crippen LogP contribution is -2.35. The highest BCUT2D eigenvalue weighted by Crippen LogP contribution is 2.38. The van der Waals surface area contributed by atoms with Crippen LogP contribution in [0.25, 0.3) is 0 Å². The molecule has 1 N–H and O–H groups in total. The van der Waals surface area contributed by atoms with Gasteiger partial charge in [0.05, 0.1) is 12.9 Å². The number of carbonyl (C=O) groups excluding carboxylic acids is 2. The maximum atomic E-state index is 12.6. The zero-order valence-corrected chi connectivity index (χ0v) is 20.3. The number of aliphatic hydroxyl groups is 1. The third-order valence-corrected chi connectivity index (χ3v) is 7.00. The van der Waals surface area contributed by atoms with Crippen LogP contribution in [-0.4, -0.2) is 50.0 Å². The molecule has 0 amide bonds. The van der Waals surface area contributed by atoms with Crippen molar-refractivity contribution >= 4 is 21.6 Å². The second-order valence-electron chi connectivity index (χ2n) is 9.00. The minimum Gasteiger partial charge on any atom is -0.467 e. The van der Waals surface area contributed by atoms with Crippen molar-refractivity contribution in [2.75, 3.05) is 19.1 Å². The van der Waals surface area contributed by atoms with E-state index in [1.54, 1.807) is 0 Å². The van der Waals surface area contributed by atoms with Crippen LogP contribution in [0.15, 0.2) is 24.3 Å². The molecule has 1 aliphatic rings. The second kappa shape index (κ2) is 13.2. The summed E-state index contributed by atoms with van der Waals surface area (Å²) in [6.07, 6.45) is 16.3. The molecular weight excluding hydrogens is 416 g/mol. The van der Waals surface area contributed by atoms with Gasteiger partial charge in [-0.1, -0.05) is 50.5 Å². The molecule has 178 valence electrons. The molecule has 1 unspecified atom stereocenters. The summed E-state index contributed by atoms with van der Waals surface area (Å²) in [5, 5.41) is 10.1. The Morgan fingerprint density at radius 1 is 1.19 bits per heavy atom. The van der Waals surface area contributed by atoms with Gasteiger partial charge in [0.2, 0.25) is 0 Å². The Balaban J connectivity index is 2.73. The minimum atomic E-state index is -3.16. The predicted octanol–water partition coefficient (Wildman–Crippen LogP) is 4.03. The highest BCUT2D eigenvalue weighted by Gasteiger charge is 2.41. The molecule has 1 aliphatic carbocycles. The fourth-order valence-corrected chi connectivity index (χ4v) is 5.33. The smallest absolute Gasteiger partial charge is 0.337 e. The number of Topliss-reactive ketones (excluding diaryl/α,β-unsaturated/α-hetero) is 1. The Morgan fingerprint density at radius 2 is 1.90 bits per heavy atom. The van der Waals surface area contributed by atoms with E-state index in [0.29, 0.717) is 19.3 Å². The third-order valence-electron chi connectivity index (χ3n) is 5.96. The predicted molar refractivity (Wildman–Crippen MR) is 123 cm³/mol. The van der Waals surface area contributed by atoms with Gasteiger partial charge in [0.15, 0.2) is 5.60 Å². The average molecular weight is 457 g/mol. The number of allylic oxidation sites excluding steroid dienone is 4. The van der Waals surface area contributed by atoms with Crippen LogP contribution in [0, 0.1) is 17.8 Å². The molecule has 1 rings (SSSR count). The lowest BCUT2D eigenvalue weighted by atomic mass is 9.87. The van der Waals surface area contributed by atoms with Gasteiger partial charge in [0.1, 0.15) is 15.6 Å². The molecule has 31 heavy (non-hydrogen) atoms. The molecule has 0 bridgehead atoms. The second-order valence-corrected chi connectivity index (χ2v) is 11.2. The minimum absolute atomic E-state index is 0.0335. The van der Waals surface area contributed by atoms with E-state index in [1.807, 2.05) is 12.2 Å². The fourth-order valence-electron chi connectivity index (χ4n) is 4.22. The van der Waals surface area contributed by atoms with Gasteiger partial charge in [-0.15, -0.1) is 0 Å². The topological polar surface area (TPSA) is 97.7 Å². The maximum absolute atomic E-state index is 12.6. The summed E-state index contributed by atoms with van der Waals surface area (Å²) in [5.41, 5.74) is -1.54. The normalized spacial score (nSPS) is 24.2.